The average molecular weight is 426 g/mol. The predicted molar refractivity (Wildman–Crippen MR) is 113 cm³/mol. The van der Waals surface area contributed by atoms with Crippen LogP contribution in [0.1, 0.15) is 34.3 Å². The first-order valence-corrected chi connectivity index (χ1v) is 9.66. The van der Waals surface area contributed by atoms with E-state index in [0.29, 0.717) is 50.2 Å². The molecule has 6 nitrogen and oxygen atoms in total. The van der Waals surface area contributed by atoms with Crippen molar-refractivity contribution in [3.8, 4) is 11.5 Å². The van der Waals surface area contributed by atoms with E-state index in [-0.39, 0.29) is 5.78 Å². The second-order valence-electron chi connectivity index (χ2n) is 6.98. The zero-order chi connectivity index (χ0) is 21.6. The minimum Gasteiger partial charge on any atom is -0.496 e. The summed E-state index contributed by atoms with van der Waals surface area (Å²) in [6, 6.07) is 10.7. The second-order valence-corrected chi connectivity index (χ2v) is 7.39. The molecular formula is C23H20ClNO5. The van der Waals surface area contributed by atoms with Gasteiger partial charge in [0.05, 0.1) is 43.5 Å². The molecule has 2 aliphatic rings. The highest BCUT2D eigenvalue weighted by Crippen LogP contribution is 2.50. The van der Waals surface area contributed by atoms with Crippen molar-refractivity contribution in [1.82, 2.24) is 5.32 Å². The molecule has 1 aliphatic heterocycles. The van der Waals surface area contributed by atoms with E-state index in [1.165, 1.54) is 21.3 Å². The van der Waals surface area contributed by atoms with E-state index < -0.39 is 11.9 Å². The lowest BCUT2D eigenvalue weighted by Gasteiger charge is -2.30. The van der Waals surface area contributed by atoms with Gasteiger partial charge in [-0.15, -0.1) is 0 Å². The number of allylic oxidation sites excluding steroid dienone is 2. The van der Waals surface area contributed by atoms with Crippen LogP contribution in [0.3, 0.4) is 0 Å². The van der Waals surface area contributed by atoms with Crippen LogP contribution < -0.4 is 14.8 Å². The molecule has 0 unspecified atom stereocenters. The topological polar surface area (TPSA) is 73.9 Å². The maximum Gasteiger partial charge on any atom is 0.336 e. The van der Waals surface area contributed by atoms with Crippen LogP contribution in [0.4, 0.5) is 0 Å². The van der Waals surface area contributed by atoms with Crippen LogP contribution in [0.2, 0.25) is 5.02 Å². The molecule has 1 N–H and O–H groups in total. The van der Waals surface area contributed by atoms with Gasteiger partial charge in [-0.05, 0) is 13.0 Å². The summed E-state index contributed by atoms with van der Waals surface area (Å²) in [6.07, 6.45) is 0. The standard InChI is InChI=1S/C23H20ClNO5/c1-11-18(23(27)30-4)19(14-9-15(24)17(29-3)10-16(14)28-2)20-21(25-11)12-7-5-6-8-13(12)22(20)26/h5-10,19,25H,1-4H3/t19-/m0/s1. The van der Waals surface area contributed by atoms with E-state index in [1.54, 1.807) is 25.1 Å². The van der Waals surface area contributed by atoms with Gasteiger partial charge in [0.2, 0.25) is 0 Å². The second kappa shape index (κ2) is 7.54. The van der Waals surface area contributed by atoms with E-state index in [0.717, 1.165) is 5.56 Å². The Kier molecular flexibility index (Phi) is 5.03. The van der Waals surface area contributed by atoms with Gasteiger partial charge in [0.15, 0.2) is 5.78 Å². The number of nitrogens with one attached hydrogen (secondary N) is 1. The highest BCUT2D eigenvalue weighted by Gasteiger charge is 2.44. The summed E-state index contributed by atoms with van der Waals surface area (Å²) in [5, 5.41) is 3.59. The highest BCUT2D eigenvalue weighted by molar-refractivity contribution is 6.32. The maximum atomic E-state index is 13.4. The summed E-state index contributed by atoms with van der Waals surface area (Å²) >= 11 is 6.41. The van der Waals surface area contributed by atoms with Crippen LogP contribution >= 0.6 is 11.6 Å². The number of hydrogen-bond acceptors (Lipinski definition) is 6. The fourth-order valence-electron chi connectivity index (χ4n) is 4.13. The summed E-state index contributed by atoms with van der Waals surface area (Å²) in [4.78, 5) is 26.2. The molecule has 30 heavy (non-hydrogen) atoms. The van der Waals surface area contributed by atoms with Crippen molar-refractivity contribution in [2.24, 2.45) is 0 Å². The first-order valence-electron chi connectivity index (χ1n) is 9.28. The van der Waals surface area contributed by atoms with E-state index in [9.17, 15) is 9.59 Å². The Bertz CT molecular complexity index is 1150. The van der Waals surface area contributed by atoms with Crippen molar-refractivity contribution in [2.75, 3.05) is 21.3 Å². The van der Waals surface area contributed by atoms with E-state index in [4.69, 9.17) is 25.8 Å². The van der Waals surface area contributed by atoms with Gasteiger partial charge in [-0.25, -0.2) is 4.79 Å². The first-order chi connectivity index (χ1) is 14.4. The normalized spacial score (nSPS) is 17.4. The monoisotopic (exact) mass is 425 g/mol. The van der Waals surface area contributed by atoms with E-state index in [1.807, 2.05) is 18.2 Å². The summed E-state index contributed by atoms with van der Waals surface area (Å²) < 4.78 is 15.9. The third kappa shape index (κ3) is 2.87. The number of hydrogen-bond donors (Lipinski definition) is 1. The first kappa shape index (κ1) is 20.0. The molecule has 0 aromatic heterocycles. The highest BCUT2D eigenvalue weighted by atomic mass is 35.5. The smallest absolute Gasteiger partial charge is 0.336 e. The van der Waals surface area contributed by atoms with Gasteiger partial charge in [-0.1, -0.05) is 35.9 Å². The molecule has 1 atom stereocenters. The lowest BCUT2D eigenvalue weighted by molar-refractivity contribution is -0.136. The quantitative estimate of drug-likeness (QED) is 0.743. The summed E-state index contributed by atoms with van der Waals surface area (Å²) in [6.45, 7) is 1.78. The Morgan fingerprint density at radius 3 is 2.33 bits per heavy atom. The maximum absolute atomic E-state index is 13.4. The SMILES string of the molecule is COC(=O)C1=C(C)NC2=C(C(=O)c3ccccc32)[C@H]1c1cc(Cl)c(OC)cc1OC. The number of rotatable bonds is 4. The Morgan fingerprint density at radius 1 is 1.03 bits per heavy atom. The molecule has 0 spiro atoms. The van der Waals surface area contributed by atoms with Crippen LogP contribution in [0, 0.1) is 0 Å². The molecule has 2 aromatic rings. The minimum atomic E-state index is -0.716. The zero-order valence-electron chi connectivity index (χ0n) is 17.0. The molecule has 0 saturated heterocycles. The van der Waals surface area contributed by atoms with Gasteiger partial charge in [0.25, 0.3) is 0 Å². The fourth-order valence-corrected chi connectivity index (χ4v) is 4.38. The predicted octanol–water partition coefficient (Wildman–Crippen LogP) is 4.10. The van der Waals surface area contributed by atoms with Crippen LogP contribution in [-0.4, -0.2) is 33.1 Å². The lowest BCUT2D eigenvalue weighted by Crippen LogP contribution is -2.29. The third-order valence-corrected chi connectivity index (χ3v) is 5.76. The number of esters is 1. The molecule has 1 aliphatic carbocycles. The number of halogens is 1. The van der Waals surface area contributed by atoms with Crippen molar-refractivity contribution in [2.45, 2.75) is 12.8 Å². The number of Topliss-reactive ketones (excluding diaryl/α,β-unsaturated/α-hetero) is 1. The average Bonchev–Trinajstić information content (AvgIpc) is 3.04. The Balaban J connectivity index is 2.01. The Hall–Kier alpha value is -3.25. The molecule has 154 valence electrons. The molecule has 4 rings (SSSR count). The number of dihydropyridines is 1. The van der Waals surface area contributed by atoms with Gasteiger partial charge in [-0.3, -0.25) is 4.79 Å². The number of carbonyl (C=O) groups excluding carboxylic acids is 2. The third-order valence-electron chi connectivity index (χ3n) is 5.47. The van der Waals surface area contributed by atoms with E-state index >= 15 is 0 Å². The Labute approximate surface area is 179 Å². The van der Waals surface area contributed by atoms with Crippen molar-refractivity contribution < 1.29 is 23.8 Å². The van der Waals surface area contributed by atoms with Gasteiger partial charge >= 0.3 is 5.97 Å². The van der Waals surface area contributed by atoms with E-state index in [2.05, 4.69) is 5.32 Å². The summed E-state index contributed by atoms with van der Waals surface area (Å²) in [7, 11) is 4.34. The van der Waals surface area contributed by atoms with Crippen LogP contribution in [-0.2, 0) is 9.53 Å². The molecule has 1 heterocycles. The molecule has 0 bridgehead atoms. The van der Waals surface area contributed by atoms with Gasteiger partial charge in [0, 0.05) is 34.0 Å². The van der Waals surface area contributed by atoms with Crippen molar-refractivity contribution in [1.29, 1.82) is 0 Å². The molecule has 2 aromatic carbocycles. The van der Waals surface area contributed by atoms with Crippen molar-refractivity contribution in [3.63, 3.8) is 0 Å². The fraction of sp³-hybridized carbons (Fsp3) is 0.217. The molecule has 0 amide bonds. The van der Waals surface area contributed by atoms with Crippen LogP contribution in [0.15, 0.2) is 53.2 Å². The van der Waals surface area contributed by atoms with Crippen LogP contribution in [0.25, 0.3) is 5.70 Å². The number of benzene rings is 2. The summed E-state index contributed by atoms with van der Waals surface area (Å²) in [5.74, 6) is -0.517. The van der Waals surface area contributed by atoms with Crippen molar-refractivity contribution >= 4 is 29.1 Å². The largest absolute Gasteiger partial charge is 0.496 e. The summed E-state index contributed by atoms with van der Waals surface area (Å²) in [5.41, 5.74) is 4.03. The number of ether oxygens (including phenoxy) is 3. The van der Waals surface area contributed by atoms with Gasteiger partial charge < -0.3 is 19.5 Å². The number of fused-ring (bicyclic) bond motifs is 2. The number of carbonyl (C=O) groups is 2. The molecule has 0 saturated carbocycles. The lowest BCUT2D eigenvalue weighted by atomic mass is 9.79. The molecule has 0 radical (unpaired) electrons. The van der Waals surface area contributed by atoms with Crippen molar-refractivity contribution in [3.05, 3.63) is 75.0 Å². The molecule has 0 fully saturated rings. The molecular weight excluding hydrogens is 406 g/mol. The van der Waals surface area contributed by atoms with Gasteiger partial charge in [0.1, 0.15) is 11.5 Å². The Morgan fingerprint density at radius 2 is 1.70 bits per heavy atom. The van der Waals surface area contributed by atoms with Gasteiger partial charge in [-0.2, -0.15) is 0 Å². The van der Waals surface area contributed by atoms with Crippen LogP contribution in [0.5, 0.6) is 11.5 Å². The number of ketones is 1. The minimum absolute atomic E-state index is 0.152. The molecule has 7 heteroatoms. The zero-order valence-corrected chi connectivity index (χ0v) is 17.7. The number of methoxy groups -OCH3 is 3.